The Balaban J connectivity index is 2.08. The minimum Gasteiger partial charge on any atom is -0.423 e. The Morgan fingerprint density at radius 3 is 1.24 bits per heavy atom. The number of hydrogen-bond donors (Lipinski definition) is 2. The topological polar surface area (TPSA) is 40.5 Å². The Bertz CT molecular complexity index is 1060. The summed E-state index contributed by atoms with van der Waals surface area (Å²) in [5, 5.41) is 19.4. The quantitative estimate of drug-likeness (QED) is 0.401. The largest absolute Gasteiger partial charge is 0.488 e. The monoisotopic (exact) mass is 376 g/mol. The maximum Gasteiger partial charge on any atom is 0.488 e. The van der Waals surface area contributed by atoms with Gasteiger partial charge in [0.25, 0.3) is 0 Å². The molecule has 29 heavy (non-hydrogen) atoms. The molecule has 4 aromatic rings. The Hall–Kier alpha value is -3.40. The van der Waals surface area contributed by atoms with Gasteiger partial charge in [0.1, 0.15) is 0 Å². The third kappa shape index (κ3) is 4.22. The first-order chi connectivity index (χ1) is 14.2. The van der Waals surface area contributed by atoms with Gasteiger partial charge in [-0.2, -0.15) is 0 Å². The molecule has 0 radical (unpaired) electrons. The molecule has 140 valence electrons. The predicted molar refractivity (Wildman–Crippen MR) is 121 cm³/mol. The number of benzene rings is 4. The van der Waals surface area contributed by atoms with Crippen LogP contribution in [-0.4, -0.2) is 17.2 Å². The van der Waals surface area contributed by atoms with Gasteiger partial charge in [0.15, 0.2) is 0 Å². The van der Waals surface area contributed by atoms with E-state index in [1.54, 1.807) is 6.07 Å². The summed E-state index contributed by atoms with van der Waals surface area (Å²) in [6.07, 6.45) is 0. The molecular weight excluding hydrogens is 355 g/mol. The molecule has 4 rings (SSSR count). The van der Waals surface area contributed by atoms with Crippen LogP contribution in [0.2, 0.25) is 0 Å². The summed E-state index contributed by atoms with van der Waals surface area (Å²) in [4.78, 5) is 0. The highest BCUT2D eigenvalue weighted by Crippen LogP contribution is 2.36. The average Bonchev–Trinajstić information content (AvgIpc) is 2.79. The molecule has 0 saturated heterocycles. The molecule has 0 saturated carbocycles. The molecule has 0 spiro atoms. The fraction of sp³-hybridized carbons (Fsp3) is 0. The van der Waals surface area contributed by atoms with Crippen molar-refractivity contribution in [3.05, 3.63) is 138 Å². The van der Waals surface area contributed by atoms with Gasteiger partial charge in [-0.1, -0.05) is 115 Å². The van der Waals surface area contributed by atoms with Crippen molar-refractivity contribution in [2.45, 2.75) is 0 Å². The van der Waals surface area contributed by atoms with Crippen LogP contribution in [0.5, 0.6) is 0 Å². The highest BCUT2D eigenvalue weighted by Gasteiger charge is 2.18. The van der Waals surface area contributed by atoms with E-state index in [1.807, 2.05) is 72.8 Å². The minimum atomic E-state index is -1.51. The van der Waals surface area contributed by atoms with Gasteiger partial charge in [0, 0.05) is 0 Å². The van der Waals surface area contributed by atoms with E-state index in [9.17, 15) is 10.0 Å². The average molecular weight is 376 g/mol. The zero-order valence-electron chi connectivity index (χ0n) is 15.9. The first-order valence-electron chi connectivity index (χ1n) is 9.61. The fourth-order valence-electron chi connectivity index (χ4n) is 3.58. The molecule has 0 fully saturated rings. The van der Waals surface area contributed by atoms with Crippen LogP contribution in [0.25, 0.3) is 11.1 Å². The first kappa shape index (κ1) is 18.9. The van der Waals surface area contributed by atoms with Crippen LogP contribution >= 0.6 is 0 Å². The molecule has 0 aliphatic heterocycles. The van der Waals surface area contributed by atoms with Gasteiger partial charge in [0.05, 0.1) is 0 Å². The van der Waals surface area contributed by atoms with Crippen LogP contribution in [0.3, 0.4) is 0 Å². The molecule has 2 nitrogen and oxygen atoms in total. The number of rotatable bonds is 5. The molecular formula is C26H21BO2. The van der Waals surface area contributed by atoms with Crippen LogP contribution in [0.15, 0.2) is 115 Å². The lowest BCUT2D eigenvalue weighted by atomic mass is 9.77. The summed E-state index contributed by atoms with van der Waals surface area (Å²) < 4.78 is 0. The van der Waals surface area contributed by atoms with Crippen molar-refractivity contribution in [1.29, 1.82) is 0 Å². The van der Waals surface area contributed by atoms with Crippen LogP contribution < -0.4 is 5.46 Å². The van der Waals surface area contributed by atoms with Crippen molar-refractivity contribution < 1.29 is 10.0 Å². The molecule has 0 aliphatic rings. The number of hydrogen-bond acceptors (Lipinski definition) is 2. The van der Waals surface area contributed by atoms with E-state index in [4.69, 9.17) is 0 Å². The fourth-order valence-corrected chi connectivity index (χ4v) is 3.58. The Morgan fingerprint density at radius 2 is 0.828 bits per heavy atom. The van der Waals surface area contributed by atoms with Crippen molar-refractivity contribution in [3.8, 4) is 0 Å². The summed E-state index contributed by atoms with van der Waals surface area (Å²) in [5.74, 6) is 0. The summed E-state index contributed by atoms with van der Waals surface area (Å²) in [7, 11) is -1.51. The minimum absolute atomic E-state index is 0.469. The summed E-state index contributed by atoms with van der Waals surface area (Å²) in [6, 6.07) is 38.3. The van der Waals surface area contributed by atoms with Gasteiger partial charge < -0.3 is 10.0 Å². The maximum atomic E-state index is 9.71. The van der Waals surface area contributed by atoms with E-state index in [1.165, 1.54) is 0 Å². The van der Waals surface area contributed by atoms with Crippen LogP contribution in [0, 0.1) is 0 Å². The second-order valence-electron chi connectivity index (χ2n) is 6.85. The lowest BCUT2D eigenvalue weighted by Crippen LogP contribution is -2.29. The molecule has 0 unspecified atom stereocenters. The van der Waals surface area contributed by atoms with Crippen molar-refractivity contribution in [1.82, 2.24) is 0 Å². The molecule has 3 heteroatoms. The van der Waals surface area contributed by atoms with E-state index < -0.39 is 7.12 Å². The van der Waals surface area contributed by atoms with Crippen LogP contribution in [0.4, 0.5) is 0 Å². The Morgan fingerprint density at radius 1 is 0.448 bits per heavy atom. The van der Waals surface area contributed by atoms with Gasteiger partial charge in [0.2, 0.25) is 0 Å². The lowest BCUT2D eigenvalue weighted by molar-refractivity contribution is 0.426. The standard InChI is InChI=1S/C26H21BO2/c28-27(29)24-18-10-17-23(19-24)26(22-15-8-3-9-16-22)25(20-11-4-1-5-12-20)21-13-6-2-7-14-21/h1-19,28-29H. The Kier molecular flexibility index (Phi) is 5.71. The molecule has 0 aromatic heterocycles. The van der Waals surface area contributed by atoms with Crippen molar-refractivity contribution in [2.24, 2.45) is 0 Å². The van der Waals surface area contributed by atoms with Gasteiger partial charge in [-0.05, 0) is 38.9 Å². The van der Waals surface area contributed by atoms with Gasteiger partial charge >= 0.3 is 7.12 Å². The second kappa shape index (κ2) is 8.74. The molecule has 4 aromatic carbocycles. The van der Waals surface area contributed by atoms with Crippen LogP contribution in [-0.2, 0) is 0 Å². The van der Waals surface area contributed by atoms with E-state index in [-0.39, 0.29) is 0 Å². The van der Waals surface area contributed by atoms with Gasteiger partial charge in [-0.25, -0.2) is 0 Å². The summed E-state index contributed by atoms with van der Waals surface area (Å²) in [5.41, 5.74) is 6.83. The van der Waals surface area contributed by atoms with Crippen molar-refractivity contribution in [3.63, 3.8) is 0 Å². The molecule has 0 bridgehead atoms. The van der Waals surface area contributed by atoms with E-state index >= 15 is 0 Å². The van der Waals surface area contributed by atoms with E-state index in [2.05, 4.69) is 36.4 Å². The van der Waals surface area contributed by atoms with Crippen molar-refractivity contribution in [2.75, 3.05) is 0 Å². The Labute approximate surface area is 171 Å². The zero-order chi connectivity index (χ0) is 20.1. The molecule has 2 N–H and O–H groups in total. The van der Waals surface area contributed by atoms with Crippen LogP contribution in [0.1, 0.15) is 22.3 Å². The third-order valence-electron chi connectivity index (χ3n) is 4.91. The van der Waals surface area contributed by atoms with Crippen molar-refractivity contribution >= 4 is 23.7 Å². The smallest absolute Gasteiger partial charge is 0.423 e. The highest BCUT2D eigenvalue weighted by atomic mass is 16.4. The summed E-state index contributed by atoms with van der Waals surface area (Å²) >= 11 is 0. The summed E-state index contributed by atoms with van der Waals surface area (Å²) in [6.45, 7) is 0. The molecule has 0 aliphatic carbocycles. The van der Waals surface area contributed by atoms with Gasteiger partial charge in [-0.3, -0.25) is 0 Å². The molecule has 0 atom stereocenters. The first-order valence-corrected chi connectivity index (χ1v) is 9.61. The highest BCUT2D eigenvalue weighted by molar-refractivity contribution is 6.58. The second-order valence-corrected chi connectivity index (χ2v) is 6.85. The maximum absolute atomic E-state index is 9.71. The zero-order valence-corrected chi connectivity index (χ0v) is 15.9. The van der Waals surface area contributed by atoms with E-state index in [0.717, 1.165) is 33.4 Å². The third-order valence-corrected chi connectivity index (χ3v) is 4.91. The molecule has 0 heterocycles. The molecule has 0 amide bonds. The van der Waals surface area contributed by atoms with Gasteiger partial charge in [-0.15, -0.1) is 0 Å². The van der Waals surface area contributed by atoms with E-state index in [0.29, 0.717) is 5.46 Å². The SMILES string of the molecule is OB(O)c1cccc(C(=C(c2ccccc2)c2ccccc2)c2ccccc2)c1. The normalized spacial score (nSPS) is 10.4. The predicted octanol–water partition coefficient (Wildman–Crippen LogP) is 4.37. The lowest BCUT2D eigenvalue weighted by Gasteiger charge is -2.18.